The van der Waals surface area contributed by atoms with Crippen LogP contribution in [-0.2, 0) is 4.74 Å². The van der Waals surface area contributed by atoms with Crippen molar-refractivity contribution >= 4 is 22.5 Å². The highest BCUT2D eigenvalue weighted by Crippen LogP contribution is 2.25. The number of anilines is 2. The van der Waals surface area contributed by atoms with E-state index in [1.54, 1.807) is 6.07 Å². The van der Waals surface area contributed by atoms with E-state index in [0.29, 0.717) is 22.7 Å². The van der Waals surface area contributed by atoms with Gasteiger partial charge in [-0.1, -0.05) is 0 Å². The number of hydrogen-bond donors (Lipinski definition) is 3. The maximum Gasteiger partial charge on any atom is 0.417 e. The number of aromatic nitrogens is 1. The molecule has 0 atom stereocenters. The molecular weight excluding hydrogens is 246 g/mol. The Morgan fingerprint density at radius 3 is 2.95 bits per heavy atom. The summed E-state index contributed by atoms with van der Waals surface area (Å²) in [6.45, 7) is 2.52. The minimum Gasteiger partial charge on any atom is -0.408 e. The first-order valence-electron chi connectivity index (χ1n) is 6.46. The number of nitrogens with two attached hydrogens (primary N) is 1. The summed E-state index contributed by atoms with van der Waals surface area (Å²) in [5.41, 5.74) is 8.51. The van der Waals surface area contributed by atoms with Crippen molar-refractivity contribution in [1.29, 1.82) is 0 Å². The molecule has 4 N–H and O–H groups in total. The maximum atomic E-state index is 11.1. The van der Waals surface area contributed by atoms with E-state index in [9.17, 15) is 4.79 Å². The van der Waals surface area contributed by atoms with Gasteiger partial charge in [-0.05, 0) is 24.8 Å². The molecule has 3 rings (SSSR count). The van der Waals surface area contributed by atoms with Crippen LogP contribution >= 0.6 is 0 Å². The average molecular weight is 263 g/mol. The van der Waals surface area contributed by atoms with Crippen molar-refractivity contribution < 1.29 is 9.15 Å². The number of H-pyrrole nitrogens is 1. The molecule has 0 bridgehead atoms. The van der Waals surface area contributed by atoms with Crippen LogP contribution in [0.5, 0.6) is 0 Å². The normalized spacial score (nSPS) is 16.8. The Balaban J connectivity index is 1.76. The summed E-state index contributed by atoms with van der Waals surface area (Å²) in [4.78, 5) is 13.7. The van der Waals surface area contributed by atoms with Gasteiger partial charge in [-0.25, -0.2) is 4.79 Å². The molecular formula is C13H17N3O3. The Morgan fingerprint density at radius 2 is 2.16 bits per heavy atom. The van der Waals surface area contributed by atoms with E-state index in [1.807, 2.05) is 6.07 Å². The molecule has 1 aromatic carbocycles. The minimum absolute atomic E-state index is 0.462. The lowest BCUT2D eigenvalue weighted by Crippen LogP contribution is -2.22. The van der Waals surface area contributed by atoms with Gasteiger partial charge in [0, 0.05) is 25.8 Å². The Hall–Kier alpha value is -1.95. The quantitative estimate of drug-likeness (QED) is 0.730. The Bertz CT molecular complexity index is 626. The van der Waals surface area contributed by atoms with Crippen LogP contribution < -0.4 is 16.8 Å². The van der Waals surface area contributed by atoms with Gasteiger partial charge in [-0.15, -0.1) is 0 Å². The molecule has 0 aliphatic carbocycles. The van der Waals surface area contributed by atoms with E-state index in [0.717, 1.165) is 38.3 Å². The number of aromatic amines is 1. The molecule has 1 aromatic heterocycles. The first-order chi connectivity index (χ1) is 9.22. The Morgan fingerprint density at radius 1 is 1.37 bits per heavy atom. The summed E-state index contributed by atoms with van der Waals surface area (Å²) in [5, 5.41) is 3.34. The zero-order valence-corrected chi connectivity index (χ0v) is 10.6. The lowest BCUT2D eigenvalue weighted by molar-refractivity contribution is 0.0699. The Kier molecular flexibility index (Phi) is 3.16. The number of benzene rings is 1. The summed E-state index contributed by atoms with van der Waals surface area (Å²) >= 11 is 0. The first-order valence-corrected chi connectivity index (χ1v) is 6.46. The highest BCUT2D eigenvalue weighted by Gasteiger charge is 2.14. The molecule has 0 amide bonds. The van der Waals surface area contributed by atoms with Gasteiger partial charge in [0.15, 0.2) is 5.58 Å². The van der Waals surface area contributed by atoms with Crippen molar-refractivity contribution in [2.45, 2.75) is 12.8 Å². The summed E-state index contributed by atoms with van der Waals surface area (Å²) in [6.07, 6.45) is 2.13. The van der Waals surface area contributed by atoms with Crippen LogP contribution in [0.3, 0.4) is 0 Å². The molecule has 6 heteroatoms. The molecule has 1 fully saturated rings. The van der Waals surface area contributed by atoms with Crippen LogP contribution in [0.15, 0.2) is 21.3 Å². The molecule has 0 spiro atoms. The van der Waals surface area contributed by atoms with Crippen molar-refractivity contribution in [2.24, 2.45) is 5.92 Å². The molecule has 1 aliphatic heterocycles. The summed E-state index contributed by atoms with van der Waals surface area (Å²) < 4.78 is 10.3. The number of hydrogen-bond acceptors (Lipinski definition) is 5. The molecule has 0 saturated carbocycles. The lowest BCUT2D eigenvalue weighted by Gasteiger charge is -2.23. The van der Waals surface area contributed by atoms with E-state index in [1.165, 1.54) is 0 Å². The summed E-state index contributed by atoms with van der Waals surface area (Å²) in [7, 11) is 0. The van der Waals surface area contributed by atoms with Gasteiger partial charge in [0.25, 0.3) is 0 Å². The Labute approximate surface area is 109 Å². The second kappa shape index (κ2) is 4.97. The molecule has 102 valence electrons. The number of oxazole rings is 1. The molecule has 0 unspecified atom stereocenters. The number of ether oxygens (including phenoxy) is 1. The van der Waals surface area contributed by atoms with Crippen LogP contribution in [0, 0.1) is 5.92 Å². The standard InChI is InChI=1S/C13H17N3O3/c14-9-5-12-11(16-13(17)19-12)6-10(9)15-7-8-1-3-18-4-2-8/h5-6,8,15H,1-4,7,14H2,(H,16,17). The minimum atomic E-state index is -0.462. The van der Waals surface area contributed by atoms with Crippen LogP contribution in [0.4, 0.5) is 11.4 Å². The van der Waals surface area contributed by atoms with Crippen LogP contribution in [-0.4, -0.2) is 24.7 Å². The predicted molar refractivity (Wildman–Crippen MR) is 73.3 cm³/mol. The van der Waals surface area contributed by atoms with E-state index >= 15 is 0 Å². The molecule has 1 saturated heterocycles. The van der Waals surface area contributed by atoms with Crippen molar-refractivity contribution in [2.75, 3.05) is 30.8 Å². The van der Waals surface area contributed by atoms with Gasteiger partial charge >= 0.3 is 5.76 Å². The lowest BCUT2D eigenvalue weighted by atomic mass is 10.0. The smallest absolute Gasteiger partial charge is 0.408 e. The van der Waals surface area contributed by atoms with Gasteiger partial charge in [0.1, 0.15) is 0 Å². The van der Waals surface area contributed by atoms with Gasteiger partial charge in [0.2, 0.25) is 0 Å². The third kappa shape index (κ3) is 2.58. The third-order valence-corrected chi connectivity index (χ3v) is 3.51. The topological polar surface area (TPSA) is 93.3 Å². The molecule has 1 aliphatic rings. The second-order valence-corrected chi connectivity index (χ2v) is 4.89. The third-order valence-electron chi connectivity index (χ3n) is 3.51. The molecule has 2 heterocycles. The van der Waals surface area contributed by atoms with E-state index in [4.69, 9.17) is 14.9 Å². The zero-order chi connectivity index (χ0) is 13.2. The van der Waals surface area contributed by atoms with Crippen LogP contribution in [0.25, 0.3) is 11.1 Å². The molecule has 19 heavy (non-hydrogen) atoms. The van der Waals surface area contributed by atoms with Crippen molar-refractivity contribution in [1.82, 2.24) is 4.98 Å². The average Bonchev–Trinajstić information content (AvgIpc) is 2.76. The molecule has 0 radical (unpaired) electrons. The van der Waals surface area contributed by atoms with Crippen molar-refractivity contribution in [3.05, 3.63) is 22.7 Å². The zero-order valence-electron chi connectivity index (χ0n) is 10.6. The second-order valence-electron chi connectivity index (χ2n) is 4.89. The number of nitrogens with one attached hydrogen (secondary N) is 2. The van der Waals surface area contributed by atoms with E-state index in [-0.39, 0.29) is 0 Å². The largest absolute Gasteiger partial charge is 0.417 e. The highest BCUT2D eigenvalue weighted by molar-refractivity contribution is 5.85. The van der Waals surface area contributed by atoms with Gasteiger partial charge in [-0.3, -0.25) is 4.98 Å². The van der Waals surface area contributed by atoms with Crippen LogP contribution in [0.1, 0.15) is 12.8 Å². The fourth-order valence-electron chi connectivity index (χ4n) is 2.37. The summed E-state index contributed by atoms with van der Waals surface area (Å²) in [5.74, 6) is 0.142. The van der Waals surface area contributed by atoms with Crippen LogP contribution in [0.2, 0.25) is 0 Å². The van der Waals surface area contributed by atoms with Crippen molar-refractivity contribution in [3.63, 3.8) is 0 Å². The van der Waals surface area contributed by atoms with E-state index in [2.05, 4.69) is 10.3 Å². The first kappa shape index (κ1) is 12.1. The number of nitrogen functional groups attached to an aromatic ring is 1. The summed E-state index contributed by atoms with van der Waals surface area (Å²) in [6, 6.07) is 3.48. The van der Waals surface area contributed by atoms with Gasteiger partial charge in [-0.2, -0.15) is 0 Å². The fourth-order valence-corrected chi connectivity index (χ4v) is 2.37. The highest BCUT2D eigenvalue weighted by atomic mass is 16.5. The fraction of sp³-hybridized carbons (Fsp3) is 0.462. The van der Waals surface area contributed by atoms with Gasteiger partial charge < -0.3 is 20.2 Å². The predicted octanol–water partition coefficient (Wildman–Crippen LogP) is 1.54. The number of rotatable bonds is 3. The SMILES string of the molecule is Nc1cc2oc(=O)[nH]c2cc1NCC1CCOCC1. The molecule has 6 nitrogen and oxygen atoms in total. The monoisotopic (exact) mass is 263 g/mol. The number of fused-ring (bicyclic) bond motifs is 1. The van der Waals surface area contributed by atoms with E-state index < -0.39 is 5.76 Å². The van der Waals surface area contributed by atoms with Gasteiger partial charge in [0.05, 0.1) is 16.9 Å². The van der Waals surface area contributed by atoms with Crippen molar-refractivity contribution in [3.8, 4) is 0 Å². The maximum absolute atomic E-state index is 11.1. The molecule has 2 aromatic rings.